The van der Waals surface area contributed by atoms with Crippen LogP contribution in [0.1, 0.15) is 0 Å². The van der Waals surface area contributed by atoms with Gasteiger partial charge < -0.3 is 4.74 Å². The average molecular weight is 281 g/mol. The van der Waals surface area contributed by atoms with E-state index in [1.54, 1.807) is 6.20 Å². The predicted molar refractivity (Wildman–Crippen MR) is 50.5 cm³/mol. The van der Waals surface area contributed by atoms with Crippen molar-refractivity contribution < 1.29 is 17.9 Å². The van der Waals surface area contributed by atoms with E-state index in [1.165, 1.54) is 12.1 Å². The maximum atomic E-state index is 12.0. The van der Waals surface area contributed by atoms with Gasteiger partial charge in [-0.05, 0) is 22.0 Å². The van der Waals surface area contributed by atoms with Gasteiger partial charge in [0.05, 0.1) is 9.99 Å². The summed E-state index contributed by atoms with van der Waals surface area (Å²) in [5.41, 5.74) is 0.414. The first-order valence-electron chi connectivity index (χ1n) is 3.84. The number of nitrogens with zero attached hydrogens (tertiary/aromatic N) is 1. The van der Waals surface area contributed by atoms with Crippen molar-refractivity contribution >= 4 is 26.8 Å². The van der Waals surface area contributed by atoms with Gasteiger partial charge in [-0.15, -0.1) is 13.2 Å². The standard InChI is InChI=1S/C8H4BrF3N2O/c9-5-1-4-3-13-14-6(4)2-7(5)15-8(10,11)12/h1-3H,(H,13,14). The van der Waals surface area contributed by atoms with Crippen molar-refractivity contribution in [2.24, 2.45) is 0 Å². The van der Waals surface area contributed by atoms with E-state index in [0.717, 1.165) is 0 Å². The molecule has 7 heteroatoms. The van der Waals surface area contributed by atoms with Gasteiger partial charge in [-0.25, -0.2) is 0 Å². The number of halogens is 4. The van der Waals surface area contributed by atoms with E-state index in [1.807, 2.05) is 0 Å². The van der Waals surface area contributed by atoms with Gasteiger partial charge in [-0.3, -0.25) is 5.10 Å². The Morgan fingerprint density at radius 2 is 2.07 bits per heavy atom. The van der Waals surface area contributed by atoms with Gasteiger partial charge in [-0.2, -0.15) is 5.10 Å². The molecule has 0 aliphatic heterocycles. The maximum Gasteiger partial charge on any atom is 0.573 e. The van der Waals surface area contributed by atoms with Crippen LogP contribution in [0.15, 0.2) is 22.8 Å². The first-order valence-corrected chi connectivity index (χ1v) is 4.64. The molecule has 1 aromatic heterocycles. The van der Waals surface area contributed by atoms with Gasteiger partial charge in [0, 0.05) is 17.6 Å². The lowest BCUT2D eigenvalue weighted by Crippen LogP contribution is -2.17. The van der Waals surface area contributed by atoms with Crippen LogP contribution in [-0.2, 0) is 0 Å². The zero-order chi connectivity index (χ0) is 11.1. The third-order valence-corrected chi connectivity index (χ3v) is 2.33. The molecule has 2 aromatic rings. The molecule has 0 amide bonds. The normalized spacial score (nSPS) is 12.0. The highest BCUT2D eigenvalue weighted by molar-refractivity contribution is 9.10. The summed E-state index contributed by atoms with van der Waals surface area (Å²) in [5, 5.41) is 7.01. The number of ether oxygens (including phenoxy) is 1. The number of alkyl halides is 3. The van der Waals surface area contributed by atoms with Gasteiger partial charge in [0.25, 0.3) is 0 Å². The van der Waals surface area contributed by atoms with Crippen molar-refractivity contribution in [3.8, 4) is 5.75 Å². The highest BCUT2D eigenvalue weighted by Crippen LogP contribution is 2.33. The summed E-state index contributed by atoms with van der Waals surface area (Å²) in [6.45, 7) is 0. The van der Waals surface area contributed by atoms with Crippen LogP contribution in [0.25, 0.3) is 10.9 Å². The second-order valence-corrected chi connectivity index (χ2v) is 3.63. The van der Waals surface area contributed by atoms with Crippen molar-refractivity contribution in [3.63, 3.8) is 0 Å². The fraction of sp³-hybridized carbons (Fsp3) is 0.125. The Hall–Kier alpha value is -1.24. The number of benzene rings is 1. The number of H-pyrrole nitrogens is 1. The lowest BCUT2D eigenvalue weighted by atomic mass is 10.2. The summed E-state index contributed by atoms with van der Waals surface area (Å²) in [6.07, 6.45) is -3.12. The molecule has 1 heterocycles. The van der Waals surface area contributed by atoms with Gasteiger partial charge in [-0.1, -0.05) is 0 Å². The van der Waals surface area contributed by atoms with E-state index in [2.05, 4.69) is 30.9 Å². The van der Waals surface area contributed by atoms with E-state index < -0.39 is 6.36 Å². The summed E-state index contributed by atoms with van der Waals surface area (Å²) >= 11 is 2.99. The number of fused-ring (bicyclic) bond motifs is 1. The van der Waals surface area contributed by atoms with Crippen LogP contribution >= 0.6 is 15.9 Å². The molecule has 0 unspecified atom stereocenters. The van der Waals surface area contributed by atoms with Gasteiger partial charge in [0.2, 0.25) is 0 Å². The molecular formula is C8H4BrF3N2O. The number of hydrogen-bond donors (Lipinski definition) is 1. The van der Waals surface area contributed by atoms with Gasteiger partial charge >= 0.3 is 6.36 Å². The monoisotopic (exact) mass is 280 g/mol. The van der Waals surface area contributed by atoms with E-state index in [9.17, 15) is 13.2 Å². The summed E-state index contributed by atoms with van der Waals surface area (Å²) in [6, 6.07) is 2.71. The molecule has 0 atom stereocenters. The largest absolute Gasteiger partial charge is 0.573 e. The highest BCUT2D eigenvalue weighted by Gasteiger charge is 2.32. The van der Waals surface area contributed by atoms with E-state index in [0.29, 0.717) is 10.9 Å². The molecule has 2 rings (SSSR count). The second-order valence-electron chi connectivity index (χ2n) is 2.77. The van der Waals surface area contributed by atoms with Crippen LogP contribution in [0.2, 0.25) is 0 Å². The third kappa shape index (κ3) is 2.23. The van der Waals surface area contributed by atoms with Crippen LogP contribution in [0, 0.1) is 0 Å². The Morgan fingerprint density at radius 3 is 2.73 bits per heavy atom. The van der Waals surface area contributed by atoms with Crippen LogP contribution in [0.4, 0.5) is 13.2 Å². The van der Waals surface area contributed by atoms with Crippen LogP contribution in [0.3, 0.4) is 0 Å². The first kappa shape index (κ1) is 10.3. The topological polar surface area (TPSA) is 37.9 Å². The van der Waals surface area contributed by atoms with Crippen molar-refractivity contribution in [1.29, 1.82) is 0 Å². The molecular weight excluding hydrogens is 277 g/mol. The van der Waals surface area contributed by atoms with Crippen molar-refractivity contribution in [1.82, 2.24) is 10.2 Å². The summed E-state index contributed by atoms with van der Waals surface area (Å²) in [5.74, 6) is -0.304. The van der Waals surface area contributed by atoms with E-state index in [-0.39, 0.29) is 10.2 Å². The SMILES string of the molecule is FC(F)(F)Oc1cc2n[nH]cc2cc1Br. The number of rotatable bonds is 1. The third-order valence-electron chi connectivity index (χ3n) is 1.71. The zero-order valence-electron chi connectivity index (χ0n) is 7.10. The first-order chi connectivity index (χ1) is 6.96. The molecule has 0 saturated heterocycles. The zero-order valence-corrected chi connectivity index (χ0v) is 8.69. The van der Waals surface area contributed by atoms with Crippen LogP contribution in [0.5, 0.6) is 5.75 Å². The number of aromatic nitrogens is 2. The van der Waals surface area contributed by atoms with Gasteiger partial charge in [0.1, 0.15) is 5.75 Å². The fourth-order valence-corrected chi connectivity index (χ4v) is 1.59. The quantitative estimate of drug-likeness (QED) is 0.871. The second kappa shape index (κ2) is 3.41. The molecule has 0 aliphatic carbocycles. The Morgan fingerprint density at radius 1 is 1.33 bits per heavy atom. The minimum atomic E-state index is -4.70. The molecule has 0 bridgehead atoms. The highest BCUT2D eigenvalue weighted by atomic mass is 79.9. The fourth-order valence-electron chi connectivity index (χ4n) is 1.14. The van der Waals surface area contributed by atoms with Crippen LogP contribution in [-0.4, -0.2) is 16.6 Å². The molecule has 15 heavy (non-hydrogen) atoms. The van der Waals surface area contributed by atoms with Crippen molar-refractivity contribution in [2.75, 3.05) is 0 Å². The molecule has 80 valence electrons. The molecule has 0 saturated carbocycles. The lowest BCUT2D eigenvalue weighted by molar-refractivity contribution is -0.274. The predicted octanol–water partition coefficient (Wildman–Crippen LogP) is 3.22. The number of nitrogens with one attached hydrogen (secondary N) is 1. The smallest absolute Gasteiger partial charge is 0.405 e. The average Bonchev–Trinajstić information content (AvgIpc) is 2.49. The molecule has 1 aromatic carbocycles. The molecule has 1 N–H and O–H groups in total. The number of aromatic amines is 1. The Labute approximate surface area is 90.4 Å². The lowest BCUT2D eigenvalue weighted by Gasteiger charge is -2.09. The Bertz CT molecular complexity index is 494. The summed E-state index contributed by atoms with van der Waals surface area (Å²) in [4.78, 5) is 0. The molecule has 0 fully saturated rings. The van der Waals surface area contributed by atoms with E-state index in [4.69, 9.17) is 0 Å². The number of hydrogen-bond acceptors (Lipinski definition) is 2. The maximum absolute atomic E-state index is 12.0. The Kier molecular flexibility index (Phi) is 2.34. The molecule has 0 aliphatic rings. The van der Waals surface area contributed by atoms with Gasteiger partial charge in [0.15, 0.2) is 0 Å². The van der Waals surface area contributed by atoms with Crippen molar-refractivity contribution in [3.05, 3.63) is 22.8 Å². The molecule has 0 radical (unpaired) electrons. The minimum absolute atomic E-state index is 0.230. The molecule has 0 spiro atoms. The van der Waals surface area contributed by atoms with Crippen LogP contribution < -0.4 is 4.74 Å². The summed E-state index contributed by atoms with van der Waals surface area (Å²) < 4.78 is 40.0. The molecule has 3 nitrogen and oxygen atoms in total. The minimum Gasteiger partial charge on any atom is -0.405 e. The Balaban J connectivity index is 2.46. The summed E-state index contributed by atoms with van der Waals surface area (Å²) in [7, 11) is 0. The van der Waals surface area contributed by atoms with E-state index >= 15 is 0 Å². The van der Waals surface area contributed by atoms with Crippen molar-refractivity contribution in [2.45, 2.75) is 6.36 Å².